The summed E-state index contributed by atoms with van der Waals surface area (Å²) in [4.78, 5) is 22.9. The van der Waals surface area contributed by atoms with Gasteiger partial charge in [-0.15, -0.1) is 0 Å². The minimum Gasteiger partial charge on any atom is -0.346 e. The van der Waals surface area contributed by atoms with E-state index in [1.165, 1.54) is 0 Å². The van der Waals surface area contributed by atoms with Crippen LogP contribution in [0.2, 0.25) is 0 Å². The van der Waals surface area contributed by atoms with Crippen molar-refractivity contribution in [3.8, 4) is 0 Å². The first-order valence-electron chi connectivity index (χ1n) is 5.93. The van der Waals surface area contributed by atoms with Crippen LogP contribution in [0.25, 0.3) is 11.2 Å². The zero-order valence-electron chi connectivity index (χ0n) is 11.2. The van der Waals surface area contributed by atoms with Gasteiger partial charge in [-0.3, -0.25) is 9.78 Å². The van der Waals surface area contributed by atoms with Crippen LogP contribution in [0.5, 0.6) is 0 Å². The second kappa shape index (κ2) is 4.98. The monoisotopic (exact) mass is 266 g/mol. The Balaban J connectivity index is 2.45. The number of anilines is 1. The number of hydrogen-bond acceptors (Lipinski definition) is 6. The van der Waals surface area contributed by atoms with Crippen LogP contribution in [-0.4, -0.2) is 33.0 Å². The fraction of sp³-hybridized carbons (Fsp3) is 0.545. The van der Waals surface area contributed by atoms with Crippen molar-refractivity contribution in [2.45, 2.75) is 26.3 Å². The van der Waals surface area contributed by atoms with Gasteiger partial charge in [0, 0.05) is 5.54 Å². The number of hydrogen-bond donors (Lipinski definition) is 3. The largest absolute Gasteiger partial charge is 0.346 e. The van der Waals surface area contributed by atoms with Crippen LogP contribution in [-0.2, 0) is 10.3 Å². The lowest BCUT2D eigenvalue weighted by molar-refractivity contribution is 0.159. The number of fused-ring (bicyclic) bond motifs is 1. The molecule has 19 heavy (non-hydrogen) atoms. The van der Waals surface area contributed by atoms with E-state index in [2.05, 4.69) is 20.3 Å². The van der Waals surface area contributed by atoms with Crippen LogP contribution in [0.1, 0.15) is 20.8 Å². The Bertz CT molecular complexity index is 624. The number of imidazole rings is 1. The molecule has 2 rings (SSSR count). The van der Waals surface area contributed by atoms with E-state index in [1.54, 1.807) is 6.33 Å². The van der Waals surface area contributed by atoms with Crippen LogP contribution in [0.15, 0.2) is 11.1 Å². The first-order valence-corrected chi connectivity index (χ1v) is 5.93. The van der Waals surface area contributed by atoms with Gasteiger partial charge in [-0.25, -0.2) is 4.98 Å². The molecule has 0 unspecified atom stereocenters. The molecule has 0 aliphatic rings. The quantitative estimate of drug-likeness (QED) is 0.537. The molecule has 0 bridgehead atoms. The second-order valence-electron chi connectivity index (χ2n) is 5.06. The van der Waals surface area contributed by atoms with Gasteiger partial charge in [-0.2, -0.15) is 4.98 Å². The zero-order valence-corrected chi connectivity index (χ0v) is 11.2. The van der Waals surface area contributed by atoms with Gasteiger partial charge in [0.2, 0.25) is 5.95 Å². The summed E-state index contributed by atoms with van der Waals surface area (Å²) in [6, 6.07) is 0. The molecule has 0 spiro atoms. The van der Waals surface area contributed by atoms with Crippen molar-refractivity contribution in [2.75, 3.05) is 18.8 Å². The lowest BCUT2D eigenvalue weighted by Crippen LogP contribution is -2.23. The second-order valence-corrected chi connectivity index (χ2v) is 5.06. The molecule has 0 atom stereocenters. The highest BCUT2D eigenvalue weighted by atomic mass is 16.5. The maximum absolute atomic E-state index is 11.9. The predicted molar refractivity (Wildman–Crippen MR) is 71.8 cm³/mol. The molecule has 0 aromatic carbocycles. The maximum Gasteiger partial charge on any atom is 0.280 e. The van der Waals surface area contributed by atoms with E-state index in [0.717, 1.165) is 0 Å². The number of ether oxygens (including phenoxy) is 1. The van der Waals surface area contributed by atoms with Gasteiger partial charge in [0.25, 0.3) is 5.56 Å². The summed E-state index contributed by atoms with van der Waals surface area (Å²) in [6.45, 7) is 6.32. The van der Waals surface area contributed by atoms with E-state index in [9.17, 15) is 4.79 Å². The first-order chi connectivity index (χ1) is 8.93. The number of nitrogens with one attached hydrogen (secondary N) is 2. The molecule has 0 amide bonds. The van der Waals surface area contributed by atoms with Gasteiger partial charge >= 0.3 is 0 Å². The van der Waals surface area contributed by atoms with E-state index in [1.807, 2.05) is 25.3 Å². The number of aromatic nitrogens is 4. The van der Waals surface area contributed by atoms with Crippen molar-refractivity contribution in [1.82, 2.24) is 19.5 Å². The van der Waals surface area contributed by atoms with Crippen LogP contribution >= 0.6 is 0 Å². The van der Waals surface area contributed by atoms with E-state index in [-0.39, 0.29) is 24.6 Å². The van der Waals surface area contributed by atoms with Crippen molar-refractivity contribution in [1.29, 1.82) is 0 Å². The van der Waals surface area contributed by atoms with E-state index >= 15 is 0 Å². The Morgan fingerprint density at radius 3 is 2.89 bits per heavy atom. The Kier molecular flexibility index (Phi) is 3.54. The van der Waals surface area contributed by atoms with E-state index < -0.39 is 0 Å². The van der Waals surface area contributed by atoms with Crippen LogP contribution < -0.4 is 16.6 Å². The molecule has 2 aromatic rings. The zero-order chi connectivity index (χ0) is 14.0. The average Bonchev–Trinajstić information content (AvgIpc) is 2.73. The third kappa shape index (κ3) is 2.74. The molecule has 2 aromatic heterocycles. The molecular formula is C11H18N6O2. The van der Waals surface area contributed by atoms with Crippen LogP contribution in [0, 0.1) is 0 Å². The van der Waals surface area contributed by atoms with E-state index in [4.69, 9.17) is 10.5 Å². The fourth-order valence-electron chi connectivity index (χ4n) is 1.66. The third-order valence-electron chi connectivity index (χ3n) is 2.59. The van der Waals surface area contributed by atoms with Crippen LogP contribution in [0.3, 0.4) is 0 Å². The highest BCUT2D eigenvalue weighted by molar-refractivity contribution is 5.71. The molecule has 0 saturated carbocycles. The van der Waals surface area contributed by atoms with Gasteiger partial charge in [0.1, 0.15) is 6.73 Å². The topological polar surface area (TPSA) is 111 Å². The number of aromatic amines is 1. The average molecular weight is 266 g/mol. The third-order valence-corrected chi connectivity index (χ3v) is 2.59. The molecule has 4 N–H and O–H groups in total. The molecule has 8 nitrogen and oxygen atoms in total. The molecule has 0 fully saturated rings. The van der Waals surface area contributed by atoms with Gasteiger partial charge in [-0.05, 0) is 20.8 Å². The Morgan fingerprint density at radius 1 is 1.53 bits per heavy atom. The minimum atomic E-state index is -0.289. The van der Waals surface area contributed by atoms with Crippen molar-refractivity contribution in [3.05, 3.63) is 16.7 Å². The fourth-order valence-corrected chi connectivity index (χ4v) is 1.66. The molecule has 104 valence electrons. The SMILES string of the molecule is CC(C)(C)n1cnc2c(=O)[nH]c(NCOCN)nc21. The number of nitrogens with zero attached hydrogens (tertiary/aromatic N) is 3. The Hall–Kier alpha value is -1.93. The highest BCUT2D eigenvalue weighted by Gasteiger charge is 2.19. The molecule has 0 radical (unpaired) electrons. The van der Waals surface area contributed by atoms with Gasteiger partial charge in [-0.1, -0.05) is 0 Å². The van der Waals surface area contributed by atoms with Gasteiger partial charge in [0.05, 0.1) is 13.1 Å². The van der Waals surface area contributed by atoms with Crippen molar-refractivity contribution >= 4 is 17.1 Å². The summed E-state index contributed by atoms with van der Waals surface area (Å²) < 4.78 is 6.80. The molecule has 0 saturated heterocycles. The van der Waals surface area contributed by atoms with Crippen LogP contribution in [0.4, 0.5) is 5.95 Å². The smallest absolute Gasteiger partial charge is 0.280 e. The summed E-state index contributed by atoms with van der Waals surface area (Å²) in [7, 11) is 0. The lowest BCUT2D eigenvalue weighted by Gasteiger charge is -2.20. The lowest BCUT2D eigenvalue weighted by atomic mass is 10.1. The van der Waals surface area contributed by atoms with Crippen molar-refractivity contribution in [2.24, 2.45) is 5.73 Å². The normalized spacial score (nSPS) is 12.0. The molecular weight excluding hydrogens is 248 g/mol. The van der Waals surface area contributed by atoms with Gasteiger partial charge in [0.15, 0.2) is 11.2 Å². The van der Waals surface area contributed by atoms with E-state index in [0.29, 0.717) is 17.1 Å². The summed E-state index contributed by atoms with van der Waals surface area (Å²) >= 11 is 0. The maximum atomic E-state index is 11.9. The standard InChI is InChI=1S/C11H18N6O2/c1-11(2,3)17-5-13-7-8(17)15-10(16-9(7)18)14-6-19-4-12/h5H,4,6,12H2,1-3H3,(H2,14,15,16,18). The van der Waals surface area contributed by atoms with Crippen molar-refractivity contribution in [3.63, 3.8) is 0 Å². The first kappa shape index (κ1) is 13.5. The predicted octanol–water partition coefficient (Wildman–Crippen LogP) is 0.177. The van der Waals surface area contributed by atoms with Gasteiger partial charge < -0.3 is 20.4 Å². The Labute approximate surface area is 110 Å². The highest BCUT2D eigenvalue weighted by Crippen LogP contribution is 2.18. The van der Waals surface area contributed by atoms with Crippen molar-refractivity contribution < 1.29 is 4.74 Å². The minimum absolute atomic E-state index is 0.0966. The summed E-state index contributed by atoms with van der Waals surface area (Å²) in [5, 5.41) is 2.84. The number of H-pyrrole nitrogens is 1. The molecule has 0 aliphatic heterocycles. The molecule has 8 heteroatoms. The molecule has 2 heterocycles. The summed E-state index contributed by atoms with van der Waals surface area (Å²) in [5.74, 6) is 0.331. The molecule has 0 aliphatic carbocycles. The summed E-state index contributed by atoms with van der Waals surface area (Å²) in [5.41, 5.74) is 5.57. The Morgan fingerprint density at radius 2 is 2.26 bits per heavy atom. The number of rotatable bonds is 4. The summed E-state index contributed by atoms with van der Waals surface area (Å²) in [6.07, 6.45) is 1.62. The number of nitrogens with two attached hydrogens (primary N) is 1.